The van der Waals surface area contributed by atoms with Gasteiger partial charge in [-0.2, -0.15) is 0 Å². The molecule has 0 radical (unpaired) electrons. The highest BCUT2D eigenvalue weighted by Gasteiger charge is 2.07. The van der Waals surface area contributed by atoms with Gasteiger partial charge >= 0.3 is 0 Å². The highest BCUT2D eigenvalue weighted by atomic mass is 32.1. The molecule has 1 aromatic carbocycles. The molecule has 1 heterocycles. The maximum absolute atomic E-state index is 13.4. The number of ether oxygens (including phenoxy) is 1. The Morgan fingerprint density at radius 1 is 1.43 bits per heavy atom. The minimum Gasteiger partial charge on any atom is -0.484 e. The molecule has 0 aliphatic carbocycles. The van der Waals surface area contributed by atoms with Gasteiger partial charge < -0.3 is 4.74 Å². The minimum atomic E-state index is -0.233. The van der Waals surface area contributed by atoms with E-state index in [1.54, 1.807) is 0 Å². The Kier molecular flexibility index (Phi) is 2.65. The van der Waals surface area contributed by atoms with Crippen molar-refractivity contribution in [2.75, 3.05) is 6.61 Å². The van der Waals surface area contributed by atoms with Crippen molar-refractivity contribution in [3.8, 4) is 5.06 Å². The minimum absolute atomic E-state index is 0.233. The predicted molar refractivity (Wildman–Crippen MR) is 60.2 cm³/mol. The molecule has 74 valence electrons. The topological polar surface area (TPSA) is 9.23 Å². The second-order valence-electron chi connectivity index (χ2n) is 2.84. The first-order chi connectivity index (χ1) is 6.70. The van der Waals surface area contributed by atoms with Crippen molar-refractivity contribution in [2.45, 2.75) is 11.8 Å². The van der Waals surface area contributed by atoms with Gasteiger partial charge in [0.25, 0.3) is 0 Å². The fraction of sp³-hybridized carbons (Fsp3) is 0.200. The summed E-state index contributed by atoms with van der Waals surface area (Å²) in [6, 6.07) is 5.09. The van der Waals surface area contributed by atoms with E-state index in [2.05, 4.69) is 12.6 Å². The highest BCUT2D eigenvalue weighted by Crippen LogP contribution is 2.34. The zero-order valence-electron chi connectivity index (χ0n) is 7.58. The normalized spacial score (nSPS) is 10.8. The Balaban J connectivity index is 2.58. The number of hydrogen-bond donors (Lipinski definition) is 1. The van der Waals surface area contributed by atoms with E-state index in [1.165, 1.54) is 17.4 Å². The largest absolute Gasteiger partial charge is 0.484 e. The van der Waals surface area contributed by atoms with Crippen LogP contribution in [0.5, 0.6) is 5.06 Å². The Bertz CT molecular complexity index is 464. The van der Waals surface area contributed by atoms with Crippen molar-refractivity contribution in [3.05, 3.63) is 24.0 Å². The summed E-state index contributed by atoms with van der Waals surface area (Å²) in [6.07, 6.45) is 0. The van der Waals surface area contributed by atoms with Gasteiger partial charge in [0.2, 0.25) is 0 Å². The zero-order valence-corrected chi connectivity index (χ0v) is 9.29. The Labute approximate surface area is 90.9 Å². The van der Waals surface area contributed by atoms with Gasteiger partial charge in [-0.1, -0.05) is 11.3 Å². The SMILES string of the molecule is CCOc1cc2cc(S)cc(F)c2s1. The lowest BCUT2D eigenvalue weighted by Crippen LogP contribution is -1.86. The molecule has 0 spiro atoms. The standard InChI is InChI=1S/C10H9FOS2/c1-2-12-9-4-6-3-7(13)5-8(11)10(6)14-9/h3-5,13H,2H2,1H3. The van der Waals surface area contributed by atoms with Crippen molar-refractivity contribution in [1.82, 2.24) is 0 Å². The van der Waals surface area contributed by atoms with Gasteiger partial charge in [-0.3, -0.25) is 0 Å². The van der Waals surface area contributed by atoms with Crippen LogP contribution in [0.1, 0.15) is 6.92 Å². The van der Waals surface area contributed by atoms with Crippen LogP contribution in [0.2, 0.25) is 0 Å². The monoisotopic (exact) mass is 228 g/mol. The molecule has 14 heavy (non-hydrogen) atoms. The molecule has 0 bridgehead atoms. The first-order valence-electron chi connectivity index (χ1n) is 4.25. The second-order valence-corrected chi connectivity index (χ2v) is 4.38. The van der Waals surface area contributed by atoms with E-state index in [4.69, 9.17) is 4.74 Å². The number of hydrogen-bond acceptors (Lipinski definition) is 3. The predicted octanol–water partition coefficient (Wildman–Crippen LogP) is 3.73. The quantitative estimate of drug-likeness (QED) is 0.771. The molecule has 0 N–H and O–H groups in total. The number of rotatable bonds is 2. The third kappa shape index (κ3) is 1.72. The van der Waals surface area contributed by atoms with E-state index in [0.29, 0.717) is 16.2 Å². The number of thiol groups is 1. The summed E-state index contributed by atoms with van der Waals surface area (Å²) in [5.41, 5.74) is 0. The summed E-state index contributed by atoms with van der Waals surface area (Å²) in [5, 5.41) is 1.60. The van der Waals surface area contributed by atoms with E-state index in [-0.39, 0.29) is 5.82 Å². The van der Waals surface area contributed by atoms with Crippen LogP contribution in [-0.2, 0) is 0 Å². The molecule has 1 aromatic heterocycles. The maximum Gasteiger partial charge on any atom is 0.175 e. The van der Waals surface area contributed by atoms with E-state index in [0.717, 1.165) is 10.4 Å². The average Bonchev–Trinajstić information content (AvgIpc) is 2.48. The Morgan fingerprint density at radius 3 is 2.93 bits per heavy atom. The molecule has 2 rings (SSSR count). The Morgan fingerprint density at radius 2 is 2.21 bits per heavy atom. The van der Waals surface area contributed by atoms with Gasteiger partial charge in [0.15, 0.2) is 5.06 Å². The first kappa shape index (κ1) is 9.80. The van der Waals surface area contributed by atoms with E-state index < -0.39 is 0 Å². The fourth-order valence-electron chi connectivity index (χ4n) is 1.29. The van der Waals surface area contributed by atoms with Crippen LogP contribution >= 0.6 is 24.0 Å². The van der Waals surface area contributed by atoms with Crippen molar-refractivity contribution < 1.29 is 9.13 Å². The molecule has 4 heteroatoms. The van der Waals surface area contributed by atoms with E-state index in [1.807, 2.05) is 19.1 Å². The van der Waals surface area contributed by atoms with Crippen LogP contribution in [0.25, 0.3) is 10.1 Å². The van der Waals surface area contributed by atoms with Gasteiger partial charge in [-0.15, -0.1) is 12.6 Å². The lowest BCUT2D eigenvalue weighted by atomic mass is 10.2. The summed E-state index contributed by atoms with van der Waals surface area (Å²) in [6.45, 7) is 2.51. The summed E-state index contributed by atoms with van der Waals surface area (Å²) in [5.74, 6) is -0.233. The van der Waals surface area contributed by atoms with E-state index >= 15 is 0 Å². The highest BCUT2D eigenvalue weighted by molar-refractivity contribution is 7.80. The zero-order chi connectivity index (χ0) is 10.1. The van der Waals surface area contributed by atoms with Gasteiger partial charge in [-0.25, -0.2) is 4.39 Å². The molecule has 0 aliphatic heterocycles. The molecule has 0 atom stereocenters. The van der Waals surface area contributed by atoms with Gasteiger partial charge in [-0.05, 0) is 25.1 Å². The van der Waals surface area contributed by atoms with Crippen molar-refractivity contribution in [1.29, 1.82) is 0 Å². The smallest absolute Gasteiger partial charge is 0.175 e. The van der Waals surface area contributed by atoms with Crippen LogP contribution in [0, 0.1) is 5.82 Å². The second kappa shape index (κ2) is 3.79. The summed E-state index contributed by atoms with van der Waals surface area (Å²) in [4.78, 5) is 0.635. The molecule has 0 fully saturated rings. The third-order valence-electron chi connectivity index (χ3n) is 1.82. The molecule has 1 nitrogen and oxygen atoms in total. The van der Waals surface area contributed by atoms with Crippen LogP contribution in [0.15, 0.2) is 23.1 Å². The molecule has 0 saturated carbocycles. The molecule has 0 saturated heterocycles. The first-order valence-corrected chi connectivity index (χ1v) is 5.52. The number of halogens is 1. The molecular weight excluding hydrogens is 219 g/mol. The average molecular weight is 228 g/mol. The number of fused-ring (bicyclic) bond motifs is 1. The fourth-order valence-corrected chi connectivity index (χ4v) is 2.49. The van der Waals surface area contributed by atoms with Crippen molar-refractivity contribution >= 4 is 34.1 Å². The van der Waals surface area contributed by atoms with Gasteiger partial charge in [0.05, 0.1) is 11.3 Å². The maximum atomic E-state index is 13.4. The lowest BCUT2D eigenvalue weighted by molar-refractivity contribution is 0.350. The molecule has 0 unspecified atom stereocenters. The molecule has 0 amide bonds. The van der Waals surface area contributed by atoms with Gasteiger partial charge in [0.1, 0.15) is 5.82 Å². The van der Waals surface area contributed by atoms with Crippen LogP contribution in [-0.4, -0.2) is 6.61 Å². The van der Waals surface area contributed by atoms with Crippen LogP contribution < -0.4 is 4.74 Å². The lowest BCUT2D eigenvalue weighted by Gasteiger charge is -1.94. The third-order valence-corrected chi connectivity index (χ3v) is 3.15. The van der Waals surface area contributed by atoms with Crippen LogP contribution in [0.4, 0.5) is 4.39 Å². The summed E-state index contributed by atoms with van der Waals surface area (Å²) in [7, 11) is 0. The Hall–Kier alpha value is -0.740. The van der Waals surface area contributed by atoms with Gasteiger partial charge in [0, 0.05) is 10.3 Å². The summed E-state index contributed by atoms with van der Waals surface area (Å²) < 4.78 is 19.4. The summed E-state index contributed by atoms with van der Waals surface area (Å²) >= 11 is 5.44. The molecule has 2 aromatic rings. The number of thiophene rings is 1. The van der Waals surface area contributed by atoms with Crippen molar-refractivity contribution in [3.63, 3.8) is 0 Å². The van der Waals surface area contributed by atoms with Crippen molar-refractivity contribution in [2.24, 2.45) is 0 Å². The van der Waals surface area contributed by atoms with E-state index in [9.17, 15) is 4.39 Å². The van der Waals surface area contributed by atoms with Crippen LogP contribution in [0.3, 0.4) is 0 Å². The number of benzene rings is 1. The molecular formula is C10H9FOS2. The molecule has 0 aliphatic rings.